The third-order valence-electron chi connectivity index (χ3n) is 4.20. The Bertz CT molecular complexity index is 462. The summed E-state index contributed by atoms with van der Waals surface area (Å²) in [7, 11) is 4.25. The first kappa shape index (κ1) is 15.0. The summed E-state index contributed by atoms with van der Waals surface area (Å²) >= 11 is 0. The minimum atomic E-state index is 0.0706. The van der Waals surface area contributed by atoms with Gasteiger partial charge in [-0.2, -0.15) is 0 Å². The van der Waals surface area contributed by atoms with Crippen LogP contribution in [0.3, 0.4) is 0 Å². The van der Waals surface area contributed by atoms with Crippen LogP contribution in [0.25, 0.3) is 0 Å². The van der Waals surface area contributed by atoms with Crippen molar-refractivity contribution in [2.45, 2.75) is 51.6 Å². The second kappa shape index (κ2) is 6.40. The molecule has 1 saturated carbocycles. The molecule has 3 heteroatoms. The maximum absolute atomic E-state index is 12.4. The van der Waals surface area contributed by atoms with Gasteiger partial charge in [-0.25, -0.2) is 0 Å². The second-order valence-corrected chi connectivity index (χ2v) is 6.33. The molecule has 0 radical (unpaired) electrons. The first-order chi connectivity index (χ1) is 9.45. The number of carbonyl (C=O) groups excluding carboxylic acids is 1. The molecule has 1 aliphatic carbocycles. The van der Waals surface area contributed by atoms with Crippen molar-refractivity contribution in [2.24, 2.45) is 0 Å². The topological polar surface area (TPSA) is 32.3 Å². The molecule has 0 heterocycles. The molecule has 0 aliphatic heterocycles. The van der Waals surface area contributed by atoms with Crippen LogP contribution in [-0.2, 0) is 0 Å². The van der Waals surface area contributed by atoms with E-state index in [2.05, 4.69) is 30.4 Å². The van der Waals surface area contributed by atoms with Crippen molar-refractivity contribution in [3.8, 4) is 0 Å². The molecule has 0 aromatic heterocycles. The summed E-state index contributed by atoms with van der Waals surface area (Å²) in [5.74, 6) is 0.0706. The van der Waals surface area contributed by atoms with Gasteiger partial charge in [0.2, 0.25) is 0 Å². The van der Waals surface area contributed by atoms with Crippen LogP contribution < -0.4 is 5.32 Å². The number of carbonyl (C=O) groups is 1. The largest absolute Gasteiger partial charge is 0.349 e. The molecule has 1 amide bonds. The van der Waals surface area contributed by atoms with Crippen molar-refractivity contribution < 1.29 is 4.79 Å². The van der Waals surface area contributed by atoms with E-state index in [1.807, 2.05) is 26.0 Å². The highest BCUT2D eigenvalue weighted by atomic mass is 16.1. The molecule has 2 rings (SSSR count). The first-order valence-electron chi connectivity index (χ1n) is 7.51. The van der Waals surface area contributed by atoms with Crippen LogP contribution in [0.4, 0.5) is 0 Å². The van der Waals surface area contributed by atoms with Gasteiger partial charge in [-0.1, -0.05) is 17.2 Å². The molecule has 0 unspecified atom stereocenters. The number of nitrogens with one attached hydrogen (secondary N) is 1. The Morgan fingerprint density at radius 1 is 1.15 bits per heavy atom. The van der Waals surface area contributed by atoms with E-state index in [1.54, 1.807) is 0 Å². The van der Waals surface area contributed by atoms with Crippen molar-refractivity contribution >= 4 is 5.91 Å². The first-order valence-corrected chi connectivity index (χ1v) is 7.51. The molecular weight excluding hydrogens is 248 g/mol. The lowest BCUT2D eigenvalue weighted by Crippen LogP contribution is -2.43. The molecule has 2 atom stereocenters. The van der Waals surface area contributed by atoms with Crippen molar-refractivity contribution in [3.05, 3.63) is 34.9 Å². The molecule has 1 aromatic carbocycles. The van der Waals surface area contributed by atoms with Crippen molar-refractivity contribution in [1.29, 1.82) is 0 Å². The Morgan fingerprint density at radius 3 is 2.40 bits per heavy atom. The quantitative estimate of drug-likeness (QED) is 0.919. The predicted octanol–water partition coefficient (Wildman–Crippen LogP) is 2.91. The smallest absolute Gasteiger partial charge is 0.251 e. The van der Waals surface area contributed by atoms with Gasteiger partial charge >= 0.3 is 0 Å². The monoisotopic (exact) mass is 274 g/mol. The van der Waals surface area contributed by atoms with Gasteiger partial charge in [-0.3, -0.25) is 4.79 Å². The number of aryl methyl sites for hydroxylation is 2. The highest BCUT2D eigenvalue weighted by molar-refractivity contribution is 5.94. The minimum Gasteiger partial charge on any atom is -0.349 e. The summed E-state index contributed by atoms with van der Waals surface area (Å²) in [6.07, 6.45) is 4.59. The van der Waals surface area contributed by atoms with Gasteiger partial charge in [0.05, 0.1) is 0 Å². The van der Waals surface area contributed by atoms with Crippen LogP contribution in [0, 0.1) is 13.8 Å². The van der Waals surface area contributed by atoms with E-state index >= 15 is 0 Å². The van der Waals surface area contributed by atoms with Gasteiger partial charge in [0.15, 0.2) is 0 Å². The van der Waals surface area contributed by atoms with Crippen LogP contribution in [0.2, 0.25) is 0 Å². The van der Waals surface area contributed by atoms with Gasteiger partial charge in [-0.05, 0) is 65.8 Å². The van der Waals surface area contributed by atoms with Crippen LogP contribution in [0.1, 0.15) is 47.2 Å². The van der Waals surface area contributed by atoms with Crippen LogP contribution in [0.5, 0.6) is 0 Å². The number of benzene rings is 1. The standard InChI is InChI=1S/C17H26N2O/c1-12-8-13(2)10-14(9-12)17(20)18-15-6-5-7-16(11-15)19(3)4/h8-10,15-16H,5-7,11H2,1-4H3,(H,18,20)/t15-,16+/m1/s1. The second-order valence-electron chi connectivity index (χ2n) is 6.33. The van der Waals surface area contributed by atoms with E-state index in [4.69, 9.17) is 0 Å². The molecule has 1 aromatic rings. The number of hydrogen-bond donors (Lipinski definition) is 1. The molecule has 0 saturated heterocycles. The third kappa shape index (κ3) is 3.83. The summed E-state index contributed by atoms with van der Waals surface area (Å²) < 4.78 is 0. The summed E-state index contributed by atoms with van der Waals surface area (Å²) in [5, 5.41) is 3.21. The Balaban J connectivity index is 2.00. The molecule has 20 heavy (non-hydrogen) atoms. The summed E-state index contributed by atoms with van der Waals surface area (Å²) in [6.45, 7) is 4.07. The highest BCUT2D eigenvalue weighted by Crippen LogP contribution is 2.22. The average Bonchev–Trinajstić information content (AvgIpc) is 2.37. The number of rotatable bonds is 3. The van der Waals surface area contributed by atoms with Crippen LogP contribution in [0.15, 0.2) is 18.2 Å². The zero-order valence-electron chi connectivity index (χ0n) is 13.1. The highest BCUT2D eigenvalue weighted by Gasteiger charge is 2.24. The number of hydrogen-bond acceptors (Lipinski definition) is 2. The van der Waals surface area contributed by atoms with Gasteiger partial charge in [0, 0.05) is 17.6 Å². The lowest BCUT2D eigenvalue weighted by molar-refractivity contribution is 0.0911. The predicted molar refractivity (Wildman–Crippen MR) is 83.1 cm³/mol. The fourth-order valence-electron chi connectivity index (χ4n) is 3.14. The van der Waals surface area contributed by atoms with Gasteiger partial charge in [0.25, 0.3) is 5.91 Å². The van der Waals surface area contributed by atoms with Gasteiger partial charge in [0.1, 0.15) is 0 Å². The lowest BCUT2D eigenvalue weighted by atomic mass is 9.90. The molecular formula is C17H26N2O. The Morgan fingerprint density at radius 2 is 1.80 bits per heavy atom. The van der Waals surface area contributed by atoms with Crippen molar-refractivity contribution in [3.63, 3.8) is 0 Å². The average molecular weight is 274 g/mol. The Labute approximate surface area is 122 Å². The third-order valence-corrected chi connectivity index (χ3v) is 4.20. The van der Waals surface area contributed by atoms with Crippen molar-refractivity contribution in [2.75, 3.05) is 14.1 Å². The zero-order chi connectivity index (χ0) is 14.7. The molecule has 3 nitrogen and oxygen atoms in total. The molecule has 1 aliphatic rings. The fraction of sp³-hybridized carbons (Fsp3) is 0.588. The molecule has 0 spiro atoms. The summed E-state index contributed by atoms with van der Waals surface area (Å²) in [5.41, 5.74) is 3.07. The number of nitrogens with zero attached hydrogens (tertiary/aromatic N) is 1. The number of amides is 1. The zero-order valence-corrected chi connectivity index (χ0v) is 13.1. The summed E-state index contributed by atoms with van der Waals surface area (Å²) in [4.78, 5) is 14.6. The molecule has 1 N–H and O–H groups in total. The normalized spacial score (nSPS) is 22.9. The maximum Gasteiger partial charge on any atom is 0.251 e. The fourth-order valence-corrected chi connectivity index (χ4v) is 3.14. The van der Waals surface area contributed by atoms with E-state index in [0.717, 1.165) is 29.5 Å². The molecule has 0 bridgehead atoms. The van der Waals surface area contributed by atoms with E-state index in [-0.39, 0.29) is 5.91 Å². The maximum atomic E-state index is 12.4. The van der Waals surface area contributed by atoms with Crippen LogP contribution >= 0.6 is 0 Å². The molecule has 1 fully saturated rings. The Kier molecular flexibility index (Phi) is 4.81. The van der Waals surface area contributed by atoms with E-state index < -0.39 is 0 Å². The van der Waals surface area contributed by atoms with Crippen molar-refractivity contribution in [1.82, 2.24) is 10.2 Å². The van der Waals surface area contributed by atoms with E-state index in [1.165, 1.54) is 12.8 Å². The minimum absolute atomic E-state index is 0.0706. The SMILES string of the molecule is Cc1cc(C)cc(C(=O)N[C@@H]2CCC[C@H](N(C)C)C2)c1. The van der Waals surface area contributed by atoms with Crippen LogP contribution in [-0.4, -0.2) is 37.0 Å². The molecule has 110 valence electrons. The summed E-state index contributed by atoms with van der Waals surface area (Å²) in [6, 6.07) is 6.93. The van der Waals surface area contributed by atoms with Gasteiger partial charge < -0.3 is 10.2 Å². The van der Waals surface area contributed by atoms with Gasteiger partial charge in [-0.15, -0.1) is 0 Å². The van der Waals surface area contributed by atoms with E-state index in [0.29, 0.717) is 12.1 Å². The lowest BCUT2D eigenvalue weighted by Gasteiger charge is -2.33. The Hall–Kier alpha value is -1.35. The van der Waals surface area contributed by atoms with E-state index in [9.17, 15) is 4.79 Å².